The molecular formula is C26H35BN4O5. The fourth-order valence-corrected chi connectivity index (χ4v) is 4.46. The summed E-state index contributed by atoms with van der Waals surface area (Å²) < 4.78 is 16.9. The van der Waals surface area contributed by atoms with Crippen LogP contribution in [0.1, 0.15) is 66.3 Å². The van der Waals surface area contributed by atoms with E-state index in [4.69, 9.17) is 9.31 Å². The van der Waals surface area contributed by atoms with Crippen LogP contribution in [0.4, 0.5) is 4.79 Å². The highest BCUT2D eigenvalue weighted by molar-refractivity contribution is 6.62. The van der Waals surface area contributed by atoms with Gasteiger partial charge in [-0.2, -0.15) is 4.99 Å². The molecule has 1 N–H and O–H groups in total. The van der Waals surface area contributed by atoms with Crippen LogP contribution in [0.25, 0.3) is 11.3 Å². The van der Waals surface area contributed by atoms with Gasteiger partial charge >= 0.3 is 13.2 Å². The van der Waals surface area contributed by atoms with E-state index in [-0.39, 0.29) is 23.6 Å². The van der Waals surface area contributed by atoms with Crippen molar-refractivity contribution in [1.29, 1.82) is 0 Å². The third kappa shape index (κ3) is 4.97. The van der Waals surface area contributed by atoms with Gasteiger partial charge in [0.15, 0.2) is 0 Å². The van der Waals surface area contributed by atoms with Crippen LogP contribution in [-0.2, 0) is 18.8 Å². The molecule has 10 heteroatoms. The molecule has 2 aliphatic rings. The van der Waals surface area contributed by atoms with E-state index in [9.17, 15) is 9.59 Å². The zero-order valence-electron chi connectivity index (χ0n) is 22.1. The molecule has 2 amide bonds. The number of H-pyrrole nitrogens is 1. The van der Waals surface area contributed by atoms with Crippen LogP contribution in [0.3, 0.4) is 0 Å². The van der Waals surface area contributed by atoms with Gasteiger partial charge in [0.2, 0.25) is 0 Å². The monoisotopic (exact) mass is 494 g/mol. The number of ether oxygens (including phenoxy) is 1. The zero-order valence-corrected chi connectivity index (χ0v) is 22.1. The molecular weight excluding hydrogens is 459 g/mol. The van der Waals surface area contributed by atoms with E-state index in [1.165, 1.54) is 7.11 Å². The summed E-state index contributed by atoms with van der Waals surface area (Å²) in [6.45, 7) is 12.4. The van der Waals surface area contributed by atoms with Gasteiger partial charge in [-0.05, 0) is 51.6 Å². The Morgan fingerprint density at radius 3 is 2.39 bits per heavy atom. The fraction of sp³-hybridized carbons (Fsp3) is 0.538. The molecule has 4 rings (SSSR count). The smallest absolute Gasteiger partial charge is 0.451 e. The van der Waals surface area contributed by atoms with E-state index in [1.807, 2.05) is 65.8 Å². The van der Waals surface area contributed by atoms with Crippen molar-refractivity contribution in [1.82, 2.24) is 14.9 Å². The maximum atomic E-state index is 13.3. The SMILES string of the molecule is COC(=O)/N=C(/C(=O)N1CCC[C@H]1c1ncc(-c2ccc(B3OC(C)(C)C(C)(C)O3)cc2)[nH]1)C(C)C. The van der Waals surface area contributed by atoms with E-state index in [0.717, 1.165) is 29.6 Å². The second-order valence-electron chi connectivity index (χ2n) is 10.7. The third-order valence-electron chi connectivity index (χ3n) is 7.32. The number of amides is 2. The van der Waals surface area contributed by atoms with E-state index in [0.29, 0.717) is 12.4 Å². The molecule has 2 fully saturated rings. The van der Waals surface area contributed by atoms with Crippen molar-refractivity contribution in [3.8, 4) is 11.3 Å². The quantitative estimate of drug-likeness (QED) is 0.499. The van der Waals surface area contributed by atoms with Gasteiger partial charge in [-0.3, -0.25) is 4.79 Å². The minimum Gasteiger partial charge on any atom is -0.451 e. The number of methoxy groups -OCH3 is 1. The molecule has 0 radical (unpaired) electrons. The molecule has 0 unspecified atom stereocenters. The van der Waals surface area contributed by atoms with Crippen LogP contribution in [0.2, 0.25) is 0 Å². The Bertz CT molecular complexity index is 1140. The number of imidazole rings is 1. The molecule has 192 valence electrons. The first-order chi connectivity index (χ1) is 16.9. The van der Waals surface area contributed by atoms with Crippen LogP contribution in [0.15, 0.2) is 35.5 Å². The van der Waals surface area contributed by atoms with Gasteiger partial charge in [-0.1, -0.05) is 38.1 Å². The summed E-state index contributed by atoms with van der Waals surface area (Å²) in [5.74, 6) is 0.238. The zero-order chi connectivity index (χ0) is 26.3. The number of benzene rings is 1. The predicted octanol–water partition coefficient (Wildman–Crippen LogP) is 3.90. The van der Waals surface area contributed by atoms with E-state index < -0.39 is 24.4 Å². The Labute approximate surface area is 212 Å². The number of nitrogens with one attached hydrogen (secondary N) is 1. The summed E-state index contributed by atoms with van der Waals surface area (Å²) in [4.78, 5) is 38.6. The molecule has 2 aliphatic heterocycles. The van der Waals surface area contributed by atoms with Crippen LogP contribution in [0.5, 0.6) is 0 Å². The molecule has 0 aliphatic carbocycles. The molecule has 3 heterocycles. The Hall–Kier alpha value is -2.98. The molecule has 2 aromatic rings. The number of aromatic amines is 1. The lowest BCUT2D eigenvalue weighted by molar-refractivity contribution is -0.125. The second kappa shape index (κ2) is 9.82. The Morgan fingerprint density at radius 2 is 1.81 bits per heavy atom. The predicted molar refractivity (Wildman–Crippen MR) is 138 cm³/mol. The van der Waals surface area contributed by atoms with Crippen molar-refractivity contribution in [3.05, 3.63) is 36.3 Å². The highest BCUT2D eigenvalue weighted by Gasteiger charge is 2.51. The highest BCUT2D eigenvalue weighted by atomic mass is 16.7. The van der Waals surface area contributed by atoms with Gasteiger partial charge in [0.05, 0.1) is 36.2 Å². The molecule has 0 bridgehead atoms. The number of carbonyl (C=O) groups excluding carboxylic acids is 2. The summed E-state index contributed by atoms with van der Waals surface area (Å²) >= 11 is 0. The van der Waals surface area contributed by atoms with Gasteiger partial charge < -0.3 is 23.9 Å². The normalized spacial score (nSPS) is 21.3. The third-order valence-corrected chi connectivity index (χ3v) is 7.32. The standard InChI is InChI=1S/C26H35BN4O5/c1-16(2)21(30-24(33)34-7)23(32)31-14-8-9-20(31)22-28-15-19(29-22)17-10-12-18(13-11-17)27-35-25(3,4)26(5,6)36-27/h10-13,15-16,20H,8-9,14H2,1-7H3,(H,28,29)/b30-21+/t20-/m0/s1. The van der Waals surface area contributed by atoms with Crippen molar-refractivity contribution in [2.75, 3.05) is 13.7 Å². The molecule has 0 spiro atoms. The second-order valence-corrected chi connectivity index (χ2v) is 10.7. The number of rotatable bonds is 5. The average molecular weight is 494 g/mol. The van der Waals surface area contributed by atoms with Crippen molar-refractivity contribution in [2.24, 2.45) is 10.9 Å². The minimum absolute atomic E-state index is 0.193. The number of nitrogens with zero attached hydrogens (tertiary/aromatic N) is 3. The molecule has 1 aromatic carbocycles. The number of hydrogen-bond donors (Lipinski definition) is 1. The average Bonchev–Trinajstić information content (AvgIpc) is 3.54. The largest absolute Gasteiger partial charge is 0.494 e. The fourth-order valence-electron chi connectivity index (χ4n) is 4.46. The molecule has 36 heavy (non-hydrogen) atoms. The van der Waals surface area contributed by atoms with Crippen LogP contribution in [0, 0.1) is 5.92 Å². The number of likely N-dealkylation sites (tertiary alicyclic amines) is 1. The van der Waals surface area contributed by atoms with Gasteiger partial charge in [0.25, 0.3) is 5.91 Å². The summed E-state index contributed by atoms with van der Waals surface area (Å²) in [6.07, 6.45) is 2.64. The maximum Gasteiger partial charge on any atom is 0.494 e. The number of aromatic nitrogens is 2. The Balaban J connectivity index is 1.51. The summed E-state index contributed by atoms with van der Waals surface area (Å²) in [7, 11) is 0.834. The number of hydrogen-bond acceptors (Lipinski definition) is 6. The molecule has 2 saturated heterocycles. The van der Waals surface area contributed by atoms with E-state index >= 15 is 0 Å². The first-order valence-corrected chi connectivity index (χ1v) is 12.4. The lowest BCUT2D eigenvalue weighted by Crippen LogP contribution is -2.41. The van der Waals surface area contributed by atoms with Crippen molar-refractivity contribution >= 4 is 30.3 Å². The maximum absolute atomic E-state index is 13.3. The summed E-state index contributed by atoms with van der Waals surface area (Å²) in [5, 5.41) is 0. The molecule has 1 atom stereocenters. The Morgan fingerprint density at radius 1 is 1.17 bits per heavy atom. The van der Waals surface area contributed by atoms with Crippen LogP contribution >= 0.6 is 0 Å². The van der Waals surface area contributed by atoms with Gasteiger partial charge in [-0.25, -0.2) is 9.78 Å². The minimum atomic E-state index is -0.771. The molecule has 9 nitrogen and oxygen atoms in total. The van der Waals surface area contributed by atoms with Crippen molar-refractivity contribution < 1.29 is 23.6 Å². The van der Waals surface area contributed by atoms with E-state index in [2.05, 4.69) is 19.7 Å². The lowest BCUT2D eigenvalue weighted by Gasteiger charge is -2.32. The topological polar surface area (TPSA) is 106 Å². The first kappa shape index (κ1) is 26.1. The van der Waals surface area contributed by atoms with E-state index in [1.54, 1.807) is 11.1 Å². The highest BCUT2D eigenvalue weighted by Crippen LogP contribution is 2.37. The van der Waals surface area contributed by atoms with Crippen molar-refractivity contribution in [3.63, 3.8) is 0 Å². The van der Waals surface area contributed by atoms with Gasteiger partial charge in [-0.15, -0.1) is 0 Å². The van der Waals surface area contributed by atoms with Crippen molar-refractivity contribution in [2.45, 2.75) is 71.6 Å². The lowest BCUT2D eigenvalue weighted by atomic mass is 9.79. The van der Waals surface area contributed by atoms with Gasteiger partial charge in [0.1, 0.15) is 11.5 Å². The van der Waals surface area contributed by atoms with Gasteiger partial charge in [0, 0.05) is 12.5 Å². The summed E-state index contributed by atoms with van der Waals surface area (Å²) in [6, 6.07) is 7.81. The Kier molecular flexibility index (Phi) is 7.12. The van der Waals surface area contributed by atoms with Crippen LogP contribution in [-0.4, -0.2) is 64.6 Å². The molecule has 1 aromatic heterocycles. The number of aliphatic imine (C=N–C) groups is 1. The first-order valence-electron chi connectivity index (χ1n) is 12.4. The molecule has 0 saturated carbocycles. The number of carbonyl (C=O) groups is 2. The van der Waals surface area contributed by atoms with Crippen LogP contribution < -0.4 is 5.46 Å². The summed E-state index contributed by atoms with van der Waals surface area (Å²) in [5.41, 5.74) is 2.19.